The molecule has 3 aliphatic heterocycles. The molecule has 0 aromatic heterocycles. The van der Waals surface area contributed by atoms with Gasteiger partial charge in [0.25, 0.3) is 0 Å². The molecule has 2 saturated heterocycles. The van der Waals surface area contributed by atoms with Crippen LogP contribution in [0, 0.1) is 29.1 Å². The first kappa shape index (κ1) is 20.3. The smallest absolute Gasteiger partial charge is 0.247 e. The normalized spacial score (nSPS) is 35.9. The standard InChI is InChI=1S/C21H30FN5O2/c1-11(20-16(22)6-12(8-23)9-25-20)26-18(28)7-14-19(13-2-3-13)15-10-24-5-4-17(15)27-21(14)29/h11-13,15-17,20,24-25H,2-7,9-10H2,1H3,(H,26,28)(H,27,29)/t11-,12?,15?,16?,17?,20?/m0/s1. The van der Waals surface area contributed by atoms with Gasteiger partial charge in [0.15, 0.2) is 0 Å². The molecule has 0 spiro atoms. The van der Waals surface area contributed by atoms with Gasteiger partial charge >= 0.3 is 0 Å². The third kappa shape index (κ3) is 4.31. The SMILES string of the molecule is C[C@H](NC(=O)CC1=C(C2CC2)C2CNCCC2NC1=O)C1NCC(C#N)CC1F. The van der Waals surface area contributed by atoms with Crippen LogP contribution in [0.1, 0.15) is 39.0 Å². The van der Waals surface area contributed by atoms with E-state index in [1.54, 1.807) is 6.92 Å². The Balaban J connectivity index is 1.43. The summed E-state index contributed by atoms with van der Waals surface area (Å²) in [6.45, 7) is 3.94. The molecule has 0 aromatic rings. The molecule has 7 nitrogen and oxygen atoms in total. The van der Waals surface area contributed by atoms with Gasteiger partial charge in [-0.2, -0.15) is 5.26 Å². The summed E-state index contributed by atoms with van der Waals surface area (Å²) in [7, 11) is 0. The van der Waals surface area contributed by atoms with E-state index in [9.17, 15) is 14.0 Å². The van der Waals surface area contributed by atoms with Crippen LogP contribution in [0.25, 0.3) is 0 Å². The van der Waals surface area contributed by atoms with Crippen molar-refractivity contribution >= 4 is 11.8 Å². The molecule has 158 valence electrons. The Morgan fingerprint density at radius 2 is 2.14 bits per heavy atom. The number of piperidine rings is 2. The van der Waals surface area contributed by atoms with Gasteiger partial charge in [0.2, 0.25) is 11.8 Å². The highest BCUT2D eigenvalue weighted by atomic mass is 19.1. The van der Waals surface area contributed by atoms with Crippen molar-refractivity contribution in [1.82, 2.24) is 21.3 Å². The van der Waals surface area contributed by atoms with Crippen LogP contribution in [-0.4, -0.2) is 55.7 Å². The molecule has 6 atom stereocenters. The predicted molar refractivity (Wildman–Crippen MR) is 105 cm³/mol. The van der Waals surface area contributed by atoms with Crippen LogP contribution >= 0.6 is 0 Å². The topological polar surface area (TPSA) is 106 Å². The number of hydrogen-bond acceptors (Lipinski definition) is 5. The van der Waals surface area contributed by atoms with E-state index in [0.717, 1.165) is 32.4 Å². The third-order valence-corrected chi connectivity index (χ3v) is 6.78. The van der Waals surface area contributed by atoms with Gasteiger partial charge in [-0.3, -0.25) is 9.59 Å². The lowest BCUT2D eigenvalue weighted by molar-refractivity contribution is -0.124. The lowest BCUT2D eigenvalue weighted by Gasteiger charge is -2.40. The van der Waals surface area contributed by atoms with Crippen LogP contribution in [-0.2, 0) is 9.59 Å². The molecule has 0 bridgehead atoms. The van der Waals surface area contributed by atoms with E-state index in [-0.39, 0.29) is 42.5 Å². The highest BCUT2D eigenvalue weighted by Crippen LogP contribution is 2.45. The molecule has 2 amide bonds. The molecule has 0 radical (unpaired) electrons. The Morgan fingerprint density at radius 3 is 2.83 bits per heavy atom. The summed E-state index contributed by atoms with van der Waals surface area (Å²) in [6, 6.07) is 1.32. The molecule has 4 aliphatic rings. The number of rotatable bonds is 5. The number of hydrogen-bond donors (Lipinski definition) is 4. The van der Waals surface area contributed by atoms with Crippen LogP contribution in [0.4, 0.5) is 4.39 Å². The van der Waals surface area contributed by atoms with Gasteiger partial charge in [0.1, 0.15) is 6.17 Å². The summed E-state index contributed by atoms with van der Waals surface area (Å²) in [6.07, 6.45) is 2.13. The highest BCUT2D eigenvalue weighted by Gasteiger charge is 2.43. The maximum atomic E-state index is 14.4. The number of amides is 2. The molecule has 8 heteroatoms. The summed E-state index contributed by atoms with van der Waals surface area (Å²) < 4.78 is 14.4. The zero-order chi connectivity index (χ0) is 20.5. The van der Waals surface area contributed by atoms with Crippen molar-refractivity contribution in [2.75, 3.05) is 19.6 Å². The summed E-state index contributed by atoms with van der Waals surface area (Å²) in [5, 5.41) is 21.4. The summed E-state index contributed by atoms with van der Waals surface area (Å²) in [5.74, 6) is -0.00849. The lowest BCUT2D eigenvalue weighted by Crippen LogP contribution is -2.57. The van der Waals surface area contributed by atoms with Gasteiger partial charge in [0, 0.05) is 36.7 Å². The van der Waals surface area contributed by atoms with E-state index >= 15 is 0 Å². The third-order valence-electron chi connectivity index (χ3n) is 6.78. The van der Waals surface area contributed by atoms with Crippen molar-refractivity contribution in [2.45, 2.75) is 63.3 Å². The first-order valence-corrected chi connectivity index (χ1v) is 10.8. The average molecular weight is 404 g/mol. The highest BCUT2D eigenvalue weighted by molar-refractivity contribution is 6.00. The largest absolute Gasteiger partial charge is 0.352 e. The van der Waals surface area contributed by atoms with Crippen molar-refractivity contribution in [2.24, 2.45) is 17.8 Å². The Hall–Kier alpha value is -1.98. The molecular weight excluding hydrogens is 373 g/mol. The Kier molecular flexibility index (Phi) is 5.88. The molecular formula is C21H30FN5O2. The Morgan fingerprint density at radius 1 is 1.34 bits per heavy atom. The zero-order valence-corrected chi connectivity index (χ0v) is 16.8. The van der Waals surface area contributed by atoms with E-state index in [2.05, 4.69) is 27.3 Å². The molecule has 29 heavy (non-hydrogen) atoms. The number of carbonyl (C=O) groups is 2. The summed E-state index contributed by atoms with van der Waals surface area (Å²) >= 11 is 0. The van der Waals surface area contributed by atoms with Crippen molar-refractivity contribution in [3.05, 3.63) is 11.1 Å². The van der Waals surface area contributed by atoms with E-state index in [1.807, 2.05) is 0 Å². The Bertz CT molecular complexity index is 744. The van der Waals surface area contributed by atoms with Crippen LogP contribution in [0.3, 0.4) is 0 Å². The fourth-order valence-electron chi connectivity index (χ4n) is 5.15. The second-order valence-corrected chi connectivity index (χ2v) is 8.93. The van der Waals surface area contributed by atoms with Gasteiger partial charge in [-0.15, -0.1) is 0 Å². The van der Waals surface area contributed by atoms with Crippen LogP contribution in [0.5, 0.6) is 0 Å². The number of carbonyl (C=O) groups excluding carboxylic acids is 2. The molecule has 4 rings (SSSR count). The number of halogens is 1. The van der Waals surface area contributed by atoms with E-state index in [0.29, 0.717) is 18.0 Å². The number of nitrogens with one attached hydrogen (secondary N) is 4. The molecule has 3 heterocycles. The molecule has 1 saturated carbocycles. The second kappa shape index (κ2) is 8.41. The van der Waals surface area contributed by atoms with Crippen molar-refractivity contribution in [3.8, 4) is 6.07 Å². The fourth-order valence-corrected chi connectivity index (χ4v) is 5.15. The van der Waals surface area contributed by atoms with Crippen LogP contribution in [0.15, 0.2) is 11.1 Å². The van der Waals surface area contributed by atoms with Gasteiger partial charge in [0.05, 0.1) is 24.4 Å². The summed E-state index contributed by atoms with van der Waals surface area (Å²) in [4.78, 5) is 25.5. The number of nitriles is 1. The minimum Gasteiger partial charge on any atom is -0.352 e. The molecule has 0 aromatic carbocycles. The first-order chi connectivity index (χ1) is 14.0. The molecule has 5 unspecified atom stereocenters. The van der Waals surface area contributed by atoms with Crippen molar-refractivity contribution in [3.63, 3.8) is 0 Å². The second-order valence-electron chi connectivity index (χ2n) is 8.93. The van der Waals surface area contributed by atoms with E-state index in [4.69, 9.17) is 5.26 Å². The number of fused-ring (bicyclic) bond motifs is 1. The monoisotopic (exact) mass is 403 g/mol. The van der Waals surface area contributed by atoms with Crippen molar-refractivity contribution in [1.29, 1.82) is 5.26 Å². The number of alkyl halides is 1. The minimum absolute atomic E-state index is 0.0374. The quantitative estimate of drug-likeness (QED) is 0.536. The summed E-state index contributed by atoms with van der Waals surface area (Å²) in [5.41, 5.74) is 1.78. The Labute approximate surface area is 170 Å². The number of nitrogens with zero attached hydrogens (tertiary/aromatic N) is 1. The maximum Gasteiger partial charge on any atom is 0.247 e. The van der Waals surface area contributed by atoms with Gasteiger partial charge in [-0.05, 0) is 45.1 Å². The first-order valence-electron chi connectivity index (χ1n) is 10.8. The maximum absolute atomic E-state index is 14.4. The lowest BCUT2D eigenvalue weighted by atomic mass is 9.77. The zero-order valence-electron chi connectivity index (χ0n) is 16.8. The van der Waals surface area contributed by atoms with Gasteiger partial charge in [-0.25, -0.2) is 4.39 Å². The van der Waals surface area contributed by atoms with Gasteiger partial charge in [-0.1, -0.05) is 5.57 Å². The fraction of sp³-hybridized carbons (Fsp3) is 0.762. The van der Waals surface area contributed by atoms with Gasteiger partial charge < -0.3 is 21.3 Å². The van der Waals surface area contributed by atoms with Crippen LogP contribution in [0.2, 0.25) is 0 Å². The van der Waals surface area contributed by atoms with Crippen molar-refractivity contribution < 1.29 is 14.0 Å². The molecule has 1 aliphatic carbocycles. The minimum atomic E-state index is -1.18. The van der Waals surface area contributed by atoms with Crippen LogP contribution < -0.4 is 21.3 Å². The van der Waals surface area contributed by atoms with E-state index < -0.39 is 18.3 Å². The molecule has 3 fully saturated rings. The van der Waals surface area contributed by atoms with E-state index in [1.165, 1.54) is 5.57 Å². The predicted octanol–water partition coefficient (Wildman–Crippen LogP) is 0.535. The average Bonchev–Trinajstić information content (AvgIpc) is 3.53. The molecule has 4 N–H and O–H groups in total.